The van der Waals surface area contributed by atoms with Gasteiger partial charge in [0, 0.05) is 12.5 Å². The molecule has 0 aromatic carbocycles. The second-order valence-electron chi connectivity index (χ2n) is 2.42. The van der Waals surface area contributed by atoms with E-state index < -0.39 is 0 Å². The van der Waals surface area contributed by atoms with Crippen LogP contribution in [0, 0.1) is 5.92 Å². The summed E-state index contributed by atoms with van der Waals surface area (Å²) in [6, 6.07) is 0. The van der Waals surface area contributed by atoms with Gasteiger partial charge < -0.3 is 5.32 Å². The molecule has 1 unspecified atom stereocenters. The van der Waals surface area contributed by atoms with Gasteiger partial charge in [-0.1, -0.05) is 6.92 Å². The average Bonchev–Trinajstić information content (AvgIpc) is 2.36. The van der Waals surface area contributed by atoms with Gasteiger partial charge >= 0.3 is 0 Å². The quantitative estimate of drug-likeness (QED) is 0.559. The van der Waals surface area contributed by atoms with Crippen molar-refractivity contribution in [3.8, 4) is 0 Å². The molecule has 0 aromatic heterocycles. The first-order valence-electron chi connectivity index (χ1n) is 3.63. The highest BCUT2D eigenvalue weighted by atomic mass is 16.1. The average molecular weight is 140 g/mol. The summed E-state index contributed by atoms with van der Waals surface area (Å²) >= 11 is 0. The van der Waals surface area contributed by atoms with Gasteiger partial charge in [0.2, 0.25) is 6.41 Å². The van der Waals surface area contributed by atoms with E-state index in [-0.39, 0.29) is 0 Å². The van der Waals surface area contributed by atoms with Gasteiger partial charge in [-0.2, -0.15) is 0 Å². The van der Waals surface area contributed by atoms with Crippen LogP contribution in [0.15, 0.2) is 4.99 Å². The fraction of sp³-hybridized carbons (Fsp3) is 0.714. The Kier molecular flexibility index (Phi) is 2.42. The maximum absolute atomic E-state index is 10.0. The van der Waals surface area contributed by atoms with Crippen LogP contribution in [0.5, 0.6) is 0 Å². The fourth-order valence-electron chi connectivity index (χ4n) is 1.23. The van der Waals surface area contributed by atoms with Crippen LogP contribution in [0.4, 0.5) is 0 Å². The third-order valence-electron chi connectivity index (χ3n) is 1.85. The Morgan fingerprint density at radius 3 is 3.30 bits per heavy atom. The molecule has 1 atom stereocenters. The molecule has 0 radical (unpaired) electrons. The molecule has 56 valence electrons. The van der Waals surface area contributed by atoms with E-state index in [0.29, 0.717) is 12.3 Å². The second kappa shape index (κ2) is 3.34. The van der Waals surface area contributed by atoms with Crippen LogP contribution in [0.2, 0.25) is 0 Å². The van der Waals surface area contributed by atoms with Gasteiger partial charge in [-0.25, -0.2) is 0 Å². The first-order chi connectivity index (χ1) is 4.88. The zero-order valence-electron chi connectivity index (χ0n) is 6.13. The molecule has 1 aliphatic rings. The van der Waals surface area contributed by atoms with Crippen LogP contribution in [0.25, 0.3) is 0 Å². The number of carbonyl (C=O) groups is 1. The summed E-state index contributed by atoms with van der Waals surface area (Å²) in [5.74, 6) is 1.36. The number of rotatable bonds is 2. The van der Waals surface area contributed by atoms with Crippen LogP contribution in [0.1, 0.15) is 19.8 Å². The first-order valence-corrected chi connectivity index (χ1v) is 3.63. The summed E-state index contributed by atoms with van der Waals surface area (Å²) < 4.78 is 0. The number of hydrogen-bond acceptors (Lipinski definition) is 2. The highest BCUT2D eigenvalue weighted by molar-refractivity contribution is 5.93. The van der Waals surface area contributed by atoms with E-state index >= 15 is 0 Å². The zero-order chi connectivity index (χ0) is 7.40. The van der Waals surface area contributed by atoms with Crippen LogP contribution >= 0.6 is 0 Å². The van der Waals surface area contributed by atoms with E-state index in [1.54, 1.807) is 0 Å². The van der Waals surface area contributed by atoms with Gasteiger partial charge in [0.25, 0.3) is 0 Å². The number of carbonyl (C=O) groups excluding carboxylic acids is 1. The highest BCUT2D eigenvalue weighted by Gasteiger charge is 2.17. The number of nitrogens with one attached hydrogen (secondary N) is 1. The van der Waals surface area contributed by atoms with Crippen molar-refractivity contribution in [3.63, 3.8) is 0 Å². The lowest BCUT2D eigenvalue weighted by Gasteiger charge is -2.06. The molecule has 10 heavy (non-hydrogen) atoms. The SMILES string of the molecule is CCC1CCN=C1NC=O. The third-order valence-corrected chi connectivity index (χ3v) is 1.85. The third kappa shape index (κ3) is 1.35. The number of hydrogen-bond donors (Lipinski definition) is 1. The number of amidine groups is 1. The van der Waals surface area contributed by atoms with Gasteiger partial charge in [-0.15, -0.1) is 0 Å². The molecule has 3 heteroatoms. The zero-order valence-corrected chi connectivity index (χ0v) is 6.13. The topological polar surface area (TPSA) is 41.5 Å². The van der Waals surface area contributed by atoms with E-state index in [1.807, 2.05) is 0 Å². The molecule has 0 bridgehead atoms. The smallest absolute Gasteiger partial charge is 0.212 e. The maximum atomic E-state index is 10.0. The molecule has 3 nitrogen and oxygen atoms in total. The highest BCUT2D eigenvalue weighted by Crippen LogP contribution is 2.14. The number of amides is 1. The maximum Gasteiger partial charge on any atom is 0.212 e. The monoisotopic (exact) mass is 140 g/mol. The van der Waals surface area contributed by atoms with Crippen molar-refractivity contribution < 1.29 is 4.79 Å². The van der Waals surface area contributed by atoms with Gasteiger partial charge in [-0.3, -0.25) is 9.79 Å². The van der Waals surface area contributed by atoms with Crippen LogP contribution in [0.3, 0.4) is 0 Å². The van der Waals surface area contributed by atoms with Crippen molar-refractivity contribution in [3.05, 3.63) is 0 Å². The molecule has 1 heterocycles. The van der Waals surface area contributed by atoms with Crippen molar-refractivity contribution in [2.24, 2.45) is 10.9 Å². The van der Waals surface area contributed by atoms with Gasteiger partial charge in [0.15, 0.2) is 0 Å². The molecular formula is C7H12N2O. The lowest BCUT2D eigenvalue weighted by molar-refractivity contribution is -0.108. The Bertz CT molecular complexity index is 154. The van der Waals surface area contributed by atoms with E-state index in [2.05, 4.69) is 17.2 Å². The van der Waals surface area contributed by atoms with Crippen molar-refractivity contribution in [1.29, 1.82) is 0 Å². The van der Waals surface area contributed by atoms with Crippen LogP contribution in [-0.4, -0.2) is 18.8 Å². The fourth-order valence-corrected chi connectivity index (χ4v) is 1.23. The lowest BCUT2D eigenvalue weighted by atomic mass is 10.0. The molecule has 1 N–H and O–H groups in total. The Hall–Kier alpha value is -0.860. The molecule has 0 saturated carbocycles. The minimum Gasteiger partial charge on any atom is -0.317 e. The van der Waals surface area contributed by atoms with E-state index in [4.69, 9.17) is 0 Å². The normalized spacial score (nSPS) is 24.1. The molecule has 1 rings (SSSR count). The molecule has 1 amide bonds. The van der Waals surface area contributed by atoms with Crippen LogP contribution in [-0.2, 0) is 4.79 Å². The summed E-state index contributed by atoms with van der Waals surface area (Å²) in [6.45, 7) is 2.98. The van der Waals surface area contributed by atoms with Crippen molar-refractivity contribution in [2.45, 2.75) is 19.8 Å². The second-order valence-corrected chi connectivity index (χ2v) is 2.42. The Balaban J connectivity index is 2.47. The Labute approximate surface area is 60.5 Å². The van der Waals surface area contributed by atoms with Crippen molar-refractivity contribution in [2.75, 3.05) is 6.54 Å². The molecule has 0 aliphatic carbocycles. The summed E-state index contributed by atoms with van der Waals surface area (Å²) in [4.78, 5) is 14.2. The Morgan fingerprint density at radius 1 is 1.90 bits per heavy atom. The summed E-state index contributed by atoms with van der Waals surface area (Å²) in [5.41, 5.74) is 0. The summed E-state index contributed by atoms with van der Waals surface area (Å²) in [7, 11) is 0. The van der Waals surface area contributed by atoms with Gasteiger partial charge in [-0.05, 0) is 12.8 Å². The first kappa shape index (κ1) is 7.25. The summed E-state index contributed by atoms with van der Waals surface area (Å²) in [6.07, 6.45) is 2.86. The lowest BCUT2D eigenvalue weighted by Crippen LogP contribution is -2.26. The number of aliphatic imine (C=N–C) groups is 1. The minimum atomic E-state index is 0.491. The largest absolute Gasteiger partial charge is 0.317 e. The minimum absolute atomic E-state index is 0.491. The van der Waals surface area contributed by atoms with Crippen LogP contribution < -0.4 is 5.32 Å². The summed E-state index contributed by atoms with van der Waals surface area (Å²) in [5, 5.41) is 2.61. The predicted molar refractivity (Wildman–Crippen MR) is 39.9 cm³/mol. The van der Waals surface area contributed by atoms with E-state index in [0.717, 1.165) is 25.2 Å². The van der Waals surface area contributed by atoms with Crippen molar-refractivity contribution >= 4 is 12.2 Å². The Morgan fingerprint density at radius 2 is 2.70 bits per heavy atom. The molecule has 1 aliphatic heterocycles. The standard InChI is InChI=1S/C7H12N2O/c1-2-6-3-4-8-7(6)9-5-10/h5-6H,2-4H2,1H3,(H,8,9,10). The van der Waals surface area contributed by atoms with E-state index in [1.165, 1.54) is 0 Å². The van der Waals surface area contributed by atoms with E-state index in [9.17, 15) is 4.79 Å². The van der Waals surface area contributed by atoms with Gasteiger partial charge in [0.05, 0.1) is 0 Å². The molecule has 0 saturated heterocycles. The van der Waals surface area contributed by atoms with Gasteiger partial charge in [0.1, 0.15) is 5.84 Å². The predicted octanol–water partition coefficient (Wildman–Crippen LogP) is 0.561. The molecule has 0 aromatic rings. The molecule has 0 spiro atoms. The number of nitrogens with zero attached hydrogens (tertiary/aromatic N) is 1. The molecular weight excluding hydrogens is 128 g/mol. The molecule has 0 fully saturated rings. The van der Waals surface area contributed by atoms with Crippen molar-refractivity contribution in [1.82, 2.24) is 5.32 Å².